The van der Waals surface area contributed by atoms with Crippen LogP contribution in [0.1, 0.15) is 42.5 Å². The van der Waals surface area contributed by atoms with Crippen molar-refractivity contribution in [2.75, 3.05) is 20.3 Å². The van der Waals surface area contributed by atoms with Crippen LogP contribution in [-0.4, -0.2) is 31.7 Å². The summed E-state index contributed by atoms with van der Waals surface area (Å²) >= 11 is 0. The molecule has 1 aliphatic carbocycles. The number of carbonyl (C=O) groups excluding carboxylic acids is 1. The second kappa shape index (κ2) is 5.44. The molecule has 0 amide bonds. The number of methoxy groups -OCH3 is 1. The second-order valence-corrected chi connectivity index (χ2v) is 5.45. The molecule has 1 aromatic carbocycles. The standard InChI is InChI=1S/C16H20O4/c1-18-16(7-3-2-4-8-16)15(17)12-5-6-13-14(11-12)20-10-9-19-13/h5-6,11H,2-4,7-10H2,1H3. The number of ether oxygens (including phenoxy) is 3. The van der Waals surface area contributed by atoms with Crippen molar-refractivity contribution in [2.45, 2.75) is 37.7 Å². The number of benzene rings is 1. The molecule has 1 aliphatic heterocycles. The largest absolute Gasteiger partial charge is 0.486 e. The molecule has 1 fully saturated rings. The molecular weight excluding hydrogens is 256 g/mol. The summed E-state index contributed by atoms with van der Waals surface area (Å²) in [7, 11) is 1.64. The van der Waals surface area contributed by atoms with E-state index in [-0.39, 0.29) is 5.78 Å². The highest BCUT2D eigenvalue weighted by molar-refractivity contribution is 6.03. The van der Waals surface area contributed by atoms with Crippen LogP contribution in [0.5, 0.6) is 11.5 Å². The molecule has 0 aromatic heterocycles. The molecule has 0 bridgehead atoms. The van der Waals surface area contributed by atoms with Crippen LogP contribution in [0.4, 0.5) is 0 Å². The fraction of sp³-hybridized carbons (Fsp3) is 0.562. The average Bonchev–Trinajstić information content (AvgIpc) is 2.54. The number of hydrogen-bond donors (Lipinski definition) is 0. The minimum atomic E-state index is -0.651. The van der Waals surface area contributed by atoms with Gasteiger partial charge in [0, 0.05) is 12.7 Å². The van der Waals surface area contributed by atoms with Gasteiger partial charge in [-0.1, -0.05) is 19.3 Å². The maximum absolute atomic E-state index is 12.8. The number of ketones is 1. The number of hydrogen-bond acceptors (Lipinski definition) is 4. The van der Waals surface area contributed by atoms with E-state index >= 15 is 0 Å². The molecule has 0 spiro atoms. The van der Waals surface area contributed by atoms with Crippen molar-refractivity contribution in [3.05, 3.63) is 23.8 Å². The lowest BCUT2D eigenvalue weighted by molar-refractivity contribution is -0.0194. The smallest absolute Gasteiger partial charge is 0.194 e. The van der Waals surface area contributed by atoms with Gasteiger partial charge in [-0.05, 0) is 31.0 Å². The Morgan fingerprint density at radius 2 is 1.80 bits per heavy atom. The molecule has 4 heteroatoms. The fourth-order valence-corrected chi connectivity index (χ4v) is 3.09. The minimum absolute atomic E-state index is 0.0664. The molecule has 2 aliphatic rings. The van der Waals surface area contributed by atoms with E-state index in [4.69, 9.17) is 14.2 Å². The average molecular weight is 276 g/mol. The normalized spacial score (nSPS) is 20.4. The van der Waals surface area contributed by atoms with Gasteiger partial charge in [-0.25, -0.2) is 0 Å². The molecule has 0 unspecified atom stereocenters. The molecule has 3 rings (SSSR count). The summed E-state index contributed by atoms with van der Waals surface area (Å²) in [5.41, 5.74) is 0.000143. The molecular formula is C16H20O4. The Morgan fingerprint density at radius 3 is 2.50 bits per heavy atom. The van der Waals surface area contributed by atoms with Gasteiger partial charge in [0.2, 0.25) is 0 Å². The molecule has 0 saturated heterocycles. The van der Waals surface area contributed by atoms with E-state index in [1.807, 2.05) is 12.1 Å². The zero-order valence-corrected chi connectivity index (χ0v) is 11.8. The molecule has 0 atom stereocenters. The fourth-order valence-electron chi connectivity index (χ4n) is 3.09. The maximum Gasteiger partial charge on any atom is 0.194 e. The molecule has 0 N–H and O–H groups in total. The van der Waals surface area contributed by atoms with Crippen LogP contribution >= 0.6 is 0 Å². The highest BCUT2D eigenvalue weighted by atomic mass is 16.6. The highest BCUT2D eigenvalue weighted by Gasteiger charge is 2.40. The number of carbonyl (C=O) groups is 1. The third kappa shape index (κ3) is 2.29. The van der Waals surface area contributed by atoms with Crippen molar-refractivity contribution < 1.29 is 19.0 Å². The summed E-state index contributed by atoms with van der Waals surface area (Å²) in [5, 5.41) is 0. The third-order valence-electron chi connectivity index (χ3n) is 4.27. The molecule has 20 heavy (non-hydrogen) atoms. The van der Waals surface area contributed by atoms with Gasteiger partial charge in [0.05, 0.1) is 0 Å². The van der Waals surface area contributed by atoms with Gasteiger partial charge in [-0.3, -0.25) is 4.79 Å². The van der Waals surface area contributed by atoms with Crippen molar-refractivity contribution in [3.8, 4) is 11.5 Å². The van der Waals surface area contributed by atoms with Gasteiger partial charge in [0.1, 0.15) is 18.8 Å². The topological polar surface area (TPSA) is 44.8 Å². The third-order valence-corrected chi connectivity index (χ3v) is 4.27. The highest BCUT2D eigenvalue weighted by Crippen LogP contribution is 2.37. The van der Waals surface area contributed by atoms with Crippen LogP contribution in [-0.2, 0) is 4.74 Å². The van der Waals surface area contributed by atoms with E-state index in [1.165, 1.54) is 6.42 Å². The van der Waals surface area contributed by atoms with Crippen LogP contribution in [0.3, 0.4) is 0 Å². The Balaban J connectivity index is 1.89. The first-order valence-corrected chi connectivity index (χ1v) is 7.25. The van der Waals surface area contributed by atoms with Gasteiger partial charge >= 0.3 is 0 Å². The first-order chi connectivity index (χ1) is 9.75. The van der Waals surface area contributed by atoms with E-state index in [0.29, 0.717) is 30.3 Å². The quantitative estimate of drug-likeness (QED) is 0.796. The first-order valence-electron chi connectivity index (χ1n) is 7.25. The summed E-state index contributed by atoms with van der Waals surface area (Å²) in [6.45, 7) is 1.09. The van der Waals surface area contributed by atoms with Gasteiger partial charge in [0.15, 0.2) is 17.3 Å². The molecule has 108 valence electrons. The van der Waals surface area contributed by atoms with Crippen molar-refractivity contribution in [1.82, 2.24) is 0 Å². The number of rotatable bonds is 3. The Kier molecular flexibility index (Phi) is 3.66. The van der Waals surface area contributed by atoms with E-state index < -0.39 is 5.60 Å². The van der Waals surface area contributed by atoms with Crippen molar-refractivity contribution in [1.29, 1.82) is 0 Å². The summed E-state index contributed by atoms with van der Waals surface area (Å²) in [5.74, 6) is 1.43. The van der Waals surface area contributed by atoms with Crippen LogP contribution in [0.2, 0.25) is 0 Å². The van der Waals surface area contributed by atoms with Crippen LogP contribution in [0, 0.1) is 0 Å². The maximum atomic E-state index is 12.8. The summed E-state index contributed by atoms with van der Waals surface area (Å²) < 4.78 is 16.7. The SMILES string of the molecule is COC1(C(=O)c2ccc3c(c2)OCCO3)CCCCC1. The Bertz CT molecular complexity index is 503. The molecule has 4 nitrogen and oxygen atoms in total. The second-order valence-electron chi connectivity index (χ2n) is 5.45. The van der Waals surface area contributed by atoms with Gasteiger partial charge in [-0.2, -0.15) is 0 Å². The lowest BCUT2D eigenvalue weighted by Gasteiger charge is -2.34. The number of fused-ring (bicyclic) bond motifs is 1. The zero-order chi connectivity index (χ0) is 14.0. The van der Waals surface area contributed by atoms with Crippen molar-refractivity contribution >= 4 is 5.78 Å². The predicted molar refractivity (Wildman–Crippen MR) is 74.6 cm³/mol. The Labute approximate surface area is 119 Å². The predicted octanol–water partition coefficient (Wildman–Crippen LogP) is 2.99. The Morgan fingerprint density at radius 1 is 1.10 bits per heavy atom. The molecule has 1 heterocycles. The summed E-state index contributed by atoms with van der Waals surface area (Å²) in [6, 6.07) is 5.41. The van der Waals surface area contributed by atoms with Gasteiger partial charge < -0.3 is 14.2 Å². The molecule has 1 aromatic rings. The van der Waals surface area contributed by atoms with E-state index in [9.17, 15) is 4.79 Å². The lowest BCUT2D eigenvalue weighted by atomic mass is 9.79. The van der Waals surface area contributed by atoms with E-state index in [0.717, 1.165) is 25.7 Å². The van der Waals surface area contributed by atoms with E-state index in [1.54, 1.807) is 13.2 Å². The van der Waals surface area contributed by atoms with Crippen LogP contribution in [0.15, 0.2) is 18.2 Å². The van der Waals surface area contributed by atoms with Crippen LogP contribution < -0.4 is 9.47 Å². The van der Waals surface area contributed by atoms with Gasteiger partial charge in [0.25, 0.3) is 0 Å². The minimum Gasteiger partial charge on any atom is -0.486 e. The Hall–Kier alpha value is -1.55. The lowest BCUT2D eigenvalue weighted by Crippen LogP contribution is -2.42. The summed E-state index contributed by atoms with van der Waals surface area (Å²) in [6.07, 6.45) is 4.88. The van der Waals surface area contributed by atoms with Crippen molar-refractivity contribution in [3.63, 3.8) is 0 Å². The number of Topliss-reactive ketones (excluding diaryl/α,β-unsaturated/α-hetero) is 1. The van der Waals surface area contributed by atoms with Crippen LogP contribution in [0.25, 0.3) is 0 Å². The monoisotopic (exact) mass is 276 g/mol. The summed E-state index contributed by atoms with van der Waals surface area (Å²) in [4.78, 5) is 12.8. The molecule has 0 radical (unpaired) electrons. The van der Waals surface area contributed by atoms with Crippen molar-refractivity contribution in [2.24, 2.45) is 0 Å². The van der Waals surface area contributed by atoms with E-state index in [2.05, 4.69) is 0 Å². The zero-order valence-electron chi connectivity index (χ0n) is 11.8. The van der Waals surface area contributed by atoms with Gasteiger partial charge in [-0.15, -0.1) is 0 Å². The first kappa shape index (κ1) is 13.4. The molecule has 1 saturated carbocycles.